The molecule has 0 aliphatic heterocycles. The van der Waals surface area contributed by atoms with Crippen LogP contribution < -0.4 is 15.1 Å². The molecular formula is C21H18O2P-. The second-order valence-electron chi connectivity index (χ2n) is 5.59. The van der Waals surface area contributed by atoms with Crippen LogP contribution >= 0.6 is 8.20 Å². The molecule has 0 aromatic heterocycles. The van der Waals surface area contributed by atoms with E-state index in [2.05, 4.69) is 0 Å². The summed E-state index contributed by atoms with van der Waals surface area (Å²) in [7, 11) is 0.682. The molecule has 0 unspecified atom stereocenters. The summed E-state index contributed by atoms with van der Waals surface area (Å²) in [5, 5.41) is 13.5. The maximum absolute atomic E-state index is 12.6. The molecule has 0 heterocycles. The smallest absolute Gasteiger partial charge is 0.127 e. The Morgan fingerprint density at radius 2 is 1.33 bits per heavy atom. The van der Waals surface area contributed by atoms with Gasteiger partial charge in [-0.1, -0.05) is 44.6 Å². The molecule has 0 radical (unpaired) electrons. The largest absolute Gasteiger partial charge is 0.823 e. The lowest BCUT2D eigenvalue weighted by molar-refractivity contribution is -0.207. The topological polar surface area (TPSA) is 32.3 Å². The third kappa shape index (κ3) is 3.91. The molecule has 3 aromatic carbocycles. The van der Waals surface area contributed by atoms with E-state index in [4.69, 9.17) is 4.74 Å². The lowest BCUT2D eigenvalue weighted by Gasteiger charge is -2.17. The van der Waals surface area contributed by atoms with Crippen LogP contribution in [-0.2, 0) is 0 Å². The van der Waals surface area contributed by atoms with Gasteiger partial charge in [0.15, 0.2) is 0 Å². The second-order valence-corrected chi connectivity index (χ2v) is 6.74. The molecule has 0 aliphatic carbocycles. The molecule has 3 aromatic rings. The summed E-state index contributed by atoms with van der Waals surface area (Å²) in [5.41, 5.74) is 3.00. The summed E-state index contributed by atoms with van der Waals surface area (Å²) in [4.78, 5) is 0. The van der Waals surface area contributed by atoms with Crippen molar-refractivity contribution in [2.45, 2.75) is 13.8 Å². The van der Waals surface area contributed by atoms with Crippen LogP contribution in [0, 0.1) is 13.8 Å². The SMILES string of the molecule is Cc1cccc(C)c1C([O-])=Pc1ccc(Oc2ccccc2)cc1. The number of rotatable bonds is 4. The number of hydrogen-bond acceptors (Lipinski definition) is 2. The van der Waals surface area contributed by atoms with Crippen molar-refractivity contribution < 1.29 is 9.84 Å². The third-order valence-electron chi connectivity index (χ3n) is 3.74. The van der Waals surface area contributed by atoms with Gasteiger partial charge in [-0.25, -0.2) is 0 Å². The van der Waals surface area contributed by atoms with Crippen molar-refractivity contribution in [1.29, 1.82) is 0 Å². The molecule has 0 saturated carbocycles. The third-order valence-corrected chi connectivity index (χ3v) is 4.72. The molecule has 24 heavy (non-hydrogen) atoms. The minimum atomic E-state index is 0.127. The molecule has 0 bridgehead atoms. The van der Waals surface area contributed by atoms with E-state index in [-0.39, 0.29) is 5.48 Å². The molecule has 0 fully saturated rings. The first-order valence-corrected chi connectivity index (χ1v) is 8.68. The van der Waals surface area contributed by atoms with Crippen LogP contribution in [-0.4, -0.2) is 5.48 Å². The van der Waals surface area contributed by atoms with Gasteiger partial charge in [-0.2, -0.15) is 0 Å². The number of ether oxygens (including phenoxy) is 1. The summed E-state index contributed by atoms with van der Waals surface area (Å²) in [6.45, 7) is 3.96. The van der Waals surface area contributed by atoms with Gasteiger partial charge < -0.3 is 9.84 Å². The van der Waals surface area contributed by atoms with E-state index in [1.807, 2.05) is 86.6 Å². The van der Waals surface area contributed by atoms with Crippen LogP contribution in [0.2, 0.25) is 0 Å². The van der Waals surface area contributed by atoms with Gasteiger partial charge in [0.05, 0.1) is 0 Å². The first-order valence-electron chi connectivity index (χ1n) is 7.79. The Labute approximate surface area is 144 Å². The highest BCUT2D eigenvalue weighted by Gasteiger charge is 2.01. The van der Waals surface area contributed by atoms with E-state index >= 15 is 0 Å². The molecule has 3 rings (SSSR count). The maximum atomic E-state index is 12.6. The highest BCUT2D eigenvalue weighted by atomic mass is 31.1. The summed E-state index contributed by atoms with van der Waals surface area (Å²) in [6, 6.07) is 23.3. The quantitative estimate of drug-likeness (QED) is 0.670. The Bertz CT molecular complexity index is 833. The van der Waals surface area contributed by atoms with Crippen LogP contribution in [0.3, 0.4) is 0 Å². The van der Waals surface area contributed by atoms with Gasteiger partial charge in [-0.05, 0) is 66.9 Å². The van der Waals surface area contributed by atoms with Crippen molar-refractivity contribution in [3.63, 3.8) is 0 Å². The summed E-state index contributed by atoms with van der Waals surface area (Å²) in [6.07, 6.45) is 0. The molecule has 0 atom stereocenters. The van der Waals surface area contributed by atoms with Gasteiger partial charge in [-0.15, -0.1) is 5.48 Å². The minimum absolute atomic E-state index is 0.127. The predicted molar refractivity (Wildman–Crippen MR) is 99.5 cm³/mol. The van der Waals surface area contributed by atoms with E-state index in [9.17, 15) is 5.11 Å². The summed E-state index contributed by atoms with van der Waals surface area (Å²) in [5.74, 6) is 1.56. The zero-order valence-electron chi connectivity index (χ0n) is 13.7. The highest BCUT2D eigenvalue weighted by Crippen LogP contribution is 2.21. The normalized spacial score (nSPS) is 11.4. The average Bonchev–Trinajstić information content (AvgIpc) is 2.57. The van der Waals surface area contributed by atoms with Crippen molar-refractivity contribution >= 4 is 19.0 Å². The molecule has 0 N–H and O–H groups in total. The van der Waals surface area contributed by atoms with Gasteiger partial charge >= 0.3 is 0 Å². The van der Waals surface area contributed by atoms with Crippen molar-refractivity contribution in [2.24, 2.45) is 0 Å². The first kappa shape index (κ1) is 16.4. The van der Waals surface area contributed by atoms with Crippen LogP contribution in [0.4, 0.5) is 0 Å². The van der Waals surface area contributed by atoms with Crippen LogP contribution in [0.25, 0.3) is 0 Å². The van der Waals surface area contributed by atoms with Crippen LogP contribution in [0.15, 0.2) is 72.8 Å². The fourth-order valence-corrected chi connectivity index (χ4v) is 3.54. The Balaban J connectivity index is 1.81. The molecular weight excluding hydrogens is 315 g/mol. The van der Waals surface area contributed by atoms with Crippen molar-refractivity contribution in [3.8, 4) is 11.5 Å². The van der Waals surface area contributed by atoms with Gasteiger partial charge in [-0.3, -0.25) is 0 Å². The monoisotopic (exact) mass is 333 g/mol. The molecule has 0 amide bonds. The number of para-hydroxylation sites is 1. The van der Waals surface area contributed by atoms with Gasteiger partial charge in [0.1, 0.15) is 11.5 Å². The van der Waals surface area contributed by atoms with Gasteiger partial charge in [0, 0.05) is 5.30 Å². The first-order chi connectivity index (χ1) is 11.6. The molecule has 0 spiro atoms. The molecule has 0 saturated heterocycles. The molecule has 2 nitrogen and oxygen atoms in total. The maximum Gasteiger partial charge on any atom is 0.127 e. The van der Waals surface area contributed by atoms with Crippen molar-refractivity contribution in [3.05, 3.63) is 89.5 Å². The number of hydrogen-bond donors (Lipinski definition) is 0. The Morgan fingerprint density at radius 1 is 0.750 bits per heavy atom. The Morgan fingerprint density at radius 3 is 1.96 bits per heavy atom. The second kappa shape index (κ2) is 7.44. The van der Waals surface area contributed by atoms with E-state index in [1.165, 1.54) is 0 Å². The van der Waals surface area contributed by atoms with E-state index in [0.717, 1.165) is 33.5 Å². The molecule has 120 valence electrons. The molecule has 3 heteroatoms. The van der Waals surface area contributed by atoms with E-state index < -0.39 is 0 Å². The fourth-order valence-electron chi connectivity index (χ4n) is 2.54. The lowest BCUT2D eigenvalue weighted by Crippen LogP contribution is -2.20. The standard InChI is InChI=1S/C21H19O2P/c1-15-7-6-8-16(2)20(15)21(22)24-19-13-11-18(12-14-19)23-17-9-4-3-5-10-17/h3-14,22H,1-2H3/p-1. The van der Waals surface area contributed by atoms with Crippen LogP contribution in [0.5, 0.6) is 11.5 Å². The van der Waals surface area contributed by atoms with E-state index in [0.29, 0.717) is 8.20 Å². The zero-order chi connectivity index (χ0) is 16.9. The number of aryl methyl sites for hydroxylation is 2. The van der Waals surface area contributed by atoms with Crippen molar-refractivity contribution in [2.75, 3.05) is 0 Å². The molecule has 0 aliphatic rings. The van der Waals surface area contributed by atoms with E-state index in [1.54, 1.807) is 0 Å². The van der Waals surface area contributed by atoms with Gasteiger partial charge in [0.25, 0.3) is 0 Å². The Hall–Kier alpha value is -2.41. The van der Waals surface area contributed by atoms with Crippen LogP contribution in [0.1, 0.15) is 16.7 Å². The van der Waals surface area contributed by atoms with Gasteiger partial charge in [0.2, 0.25) is 0 Å². The highest BCUT2D eigenvalue weighted by molar-refractivity contribution is 7.49. The average molecular weight is 333 g/mol. The minimum Gasteiger partial charge on any atom is -0.823 e. The fraction of sp³-hybridized carbons (Fsp3) is 0.0952. The zero-order valence-corrected chi connectivity index (χ0v) is 14.6. The lowest BCUT2D eigenvalue weighted by atomic mass is 10.0. The Kier molecular flexibility index (Phi) is 5.10. The summed E-state index contributed by atoms with van der Waals surface area (Å²) < 4.78 is 5.77. The van der Waals surface area contributed by atoms with Crippen molar-refractivity contribution in [1.82, 2.24) is 0 Å². The predicted octanol–water partition coefficient (Wildman–Crippen LogP) is 4.21. The number of benzene rings is 3. The summed E-state index contributed by atoms with van der Waals surface area (Å²) >= 11 is 0.